The van der Waals surface area contributed by atoms with Gasteiger partial charge in [0, 0.05) is 24.3 Å². The molecule has 3 amide bonds. The molecule has 2 heterocycles. The lowest BCUT2D eigenvalue weighted by atomic mass is 9.92. The Morgan fingerprint density at radius 1 is 0.917 bits per heavy atom. The van der Waals surface area contributed by atoms with Crippen molar-refractivity contribution in [3.8, 4) is 5.75 Å². The molecule has 2 aromatic carbocycles. The normalized spacial score (nSPS) is 15.4. The summed E-state index contributed by atoms with van der Waals surface area (Å²) in [4.78, 5) is 59.6. The molecule has 12 heteroatoms. The average molecular weight is 678 g/mol. The molecular weight excluding hydrogens is 630 g/mol. The van der Waals surface area contributed by atoms with Gasteiger partial charge < -0.3 is 25.4 Å². The largest absolute Gasteiger partial charge is 0.492 e. The van der Waals surface area contributed by atoms with E-state index in [0.29, 0.717) is 24.3 Å². The minimum atomic E-state index is -1.19. The van der Waals surface area contributed by atoms with Gasteiger partial charge in [0.25, 0.3) is 0 Å². The van der Waals surface area contributed by atoms with Crippen LogP contribution in [0.3, 0.4) is 0 Å². The number of carbonyl (C=O) groups excluding carboxylic acids is 4. The van der Waals surface area contributed by atoms with Gasteiger partial charge in [-0.3, -0.25) is 19.3 Å². The summed E-state index contributed by atoms with van der Waals surface area (Å²) in [6.07, 6.45) is 3.20. The van der Waals surface area contributed by atoms with Gasteiger partial charge >= 0.3 is 6.09 Å². The van der Waals surface area contributed by atoms with Gasteiger partial charge in [-0.1, -0.05) is 62.7 Å². The zero-order chi connectivity index (χ0) is 34.7. The second-order valence-corrected chi connectivity index (χ2v) is 13.7. The van der Waals surface area contributed by atoms with Crippen molar-refractivity contribution < 1.29 is 28.7 Å². The number of anilines is 1. The number of aromatic nitrogens is 1. The number of carbonyl (C=O) groups is 4. The van der Waals surface area contributed by atoms with Crippen LogP contribution >= 0.6 is 11.3 Å². The Morgan fingerprint density at radius 2 is 1.60 bits per heavy atom. The number of piperidine rings is 1. The quantitative estimate of drug-likeness (QED) is 0.174. The number of hydrogen-bond acceptors (Lipinski definition) is 9. The maximum absolute atomic E-state index is 14.1. The molecule has 11 nitrogen and oxygen atoms in total. The van der Waals surface area contributed by atoms with E-state index >= 15 is 0 Å². The highest BCUT2D eigenvalue weighted by Crippen LogP contribution is 2.25. The predicted molar refractivity (Wildman–Crippen MR) is 186 cm³/mol. The highest BCUT2D eigenvalue weighted by atomic mass is 32.1. The Balaban J connectivity index is 1.54. The maximum atomic E-state index is 14.1. The number of likely N-dealkylation sites (tertiary alicyclic amines) is 1. The van der Waals surface area contributed by atoms with Crippen molar-refractivity contribution in [2.45, 2.75) is 83.9 Å². The summed E-state index contributed by atoms with van der Waals surface area (Å²) >= 11 is 1.13. The van der Waals surface area contributed by atoms with Crippen LogP contribution in [0.5, 0.6) is 5.75 Å². The number of nitrogens with one attached hydrogen (secondary N) is 3. The highest BCUT2D eigenvalue weighted by Gasteiger charge is 2.33. The molecule has 48 heavy (non-hydrogen) atoms. The van der Waals surface area contributed by atoms with E-state index < -0.39 is 41.5 Å². The van der Waals surface area contributed by atoms with Gasteiger partial charge in [-0.2, -0.15) is 0 Å². The van der Waals surface area contributed by atoms with Crippen LogP contribution in [-0.2, 0) is 14.3 Å². The molecule has 0 saturated carbocycles. The summed E-state index contributed by atoms with van der Waals surface area (Å²) in [5.41, 5.74) is 0.778. The van der Waals surface area contributed by atoms with Gasteiger partial charge in [0.2, 0.25) is 11.8 Å². The van der Waals surface area contributed by atoms with E-state index in [9.17, 15) is 19.2 Å². The summed E-state index contributed by atoms with van der Waals surface area (Å²) in [7, 11) is 0. The lowest BCUT2D eigenvalue weighted by molar-refractivity contribution is -0.128. The topological polar surface area (TPSA) is 139 Å². The molecule has 0 radical (unpaired) electrons. The lowest BCUT2D eigenvalue weighted by Gasteiger charge is -2.28. The SMILES string of the molecule is CCC(=O)c1csc(NC(=O)[C@@H](NC(=O)C(NC(=O)OC(C)(C)C)c2ccc(OCCN3CCCCC3)cc2)[C@H](C)c2ccccc2)n1. The fourth-order valence-corrected chi connectivity index (χ4v) is 6.10. The van der Waals surface area contributed by atoms with Crippen molar-refractivity contribution in [1.29, 1.82) is 0 Å². The van der Waals surface area contributed by atoms with Gasteiger partial charge in [-0.25, -0.2) is 9.78 Å². The fraction of sp³-hybridized carbons (Fsp3) is 0.472. The molecular formula is C36H47N5O6S. The Bertz CT molecular complexity index is 1520. The molecule has 1 aliphatic heterocycles. The fourth-order valence-electron chi connectivity index (χ4n) is 5.38. The molecule has 1 aliphatic rings. The number of amides is 3. The molecule has 1 unspecified atom stereocenters. The Kier molecular flexibility index (Phi) is 13.1. The average Bonchev–Trinajstić information content (AvgIpc) is 3.54. The summed E-state index contributed by atoms with van der Waals surface area (Å²) in [5, 5.41) is 10.2. The summed E-state index contributed by atoms with van der Waals surface area (Å²) in [6, 6.07) is 14.0. The Morgan fingerprint density at radius 3 is 2.25 bits per heavy atom. The monoisotopic (exact) mass is 677 g/mol. The Labute approximate surface area is 286 Å². The first-order chi connectivity index (χ1) is 22.9. The van der Waals surface area contributed by atoms with E-state index in [1.807, 2.05) is 37.3 Å². The number of alkyl carbamates (subject to hydrolysis) is 1. The van der Waals surface area contributed by atoms with E-state index in [-0.39, 0.29) is 16.6 Å². The predicted octanol–water partition coefficient (Wildman–Crippen LogP) is 6.09. The number of benzene rings is 2. The second kappa shape index (κ2) is 17.2. The van der Waals surface area contributed by atoms with Crippen molar-refractivity contribution in [2.75, 3.05) is 31.6 Å². The minimum absolute atomic E-state index is 0.135. The number of hydrogen-bond donors (Lipinski definition) is 3. The van der Waals surface area contributed by atoms with E-state index in [0.717, 1.165) is 36.5 Å². The second-order valence-electron chi connectivity index (χ2n) is 12.9. The van der Waals surface area contributed by atoms with Crippen molar-refractivity contribution in [3.63, 3.8) is 0 Å². The van der Waals surface area contributed by atoms with Crippen LogP contribution in [0.25, 0.3) is 0 Å². The molecule has 1 fully saturated rings. The number of thiazole rings is 1. The van der Waals surface area contributed by atoms with Gasteiger partial charge in [-0.05, 0) is 70.0 Å². The van der Waals surface area contributed by atoms with Gasteiger partial charge in [-0.15, -0.1) is 11.3 Å². The van der Waals surface area contributed by atoms with Gasteiger partial charge in [0.05, 0.1) is 0 Å². The molecule has 1 aromatic heterocycles. The third-order valence-corrected chi connectivity index (χ3v) is 8.77. The molecule has 0 aliphatic carbocycles. The molecule has 3 aromatic rings. The van der Waals surface area contributed by atoms with E-state index in [2.05, 4.69) is 25.8 Å². The number of ether oxygens (including phenoxy) is 2. The first-order valence-corrected chi connectivity index (χ1v) is 17.4. The lowest BCUT2D eigenvalue weighted by Crippen LogP contribution is -2.51. The van der Waals surface area contributed by atoms with Crippen molar-refractivity contribution in [2.24, 2.45) is 0 Å². The van der Waals surface area contributed by atoms with E-state index in [1.54, 1.807) is 57.3 Å². The summed E-state index contributed by atoms with van der Waals surface area (Å²) in [6.45, 7) is 12.3. The maximum Gasteiger partial charge on any atom is 0.408 e. The number of nitrogens with zero attached hydrogens (tertiary/aromatic N) is 2. The first kappa shape index (κ1) is 36.5. The number of Topliss-reactive ketones (excluding diaryl/α,β-unsaturated/α-hetero) is 1. The molecule has 0 spiro atoms. The van der Waals surface area contributed by atoms with E-state index in [1.165, 1.54) is 19.3 Å². The molecule has 0 bridgehead atoms. The zero-order valence-electron chi connectivity index (χ0n) is 28.4. The van der Waals surface area contributed by atoms with E-state index in [4.69, 9.17) is 9.47 Å². The standard InChI is InChI=1S/C36H47N5O6S/c1-6-29(42)28-23-48-34(37-28)40-32(43)30(24(2)25-13-9-7-10-14-25)38-33(44)31(39-35(45)47-36(3,4)5)26-15-17-27(18-16-26)46-22-21-41-19-11-8-12-20-41/h7,9-10,13-18,23-24,30-31H,6,8,11-12,19-22H2,1-5H3,(H,38,44)(H,39,45)(H,37,40,43)/t24-,30+,31?/m1/s1. The molecule has 1 saturated heterocycles. The summed E-state index contributed by atoms with van der Waals surface area (Å²) < 4.78 is 11.5. The van der Waals surface area contributed by atoms with Crippen LogP contribution in [0.1, 0.15) is 93.9 Å². The van der Waals surface area contributed by atoms with Crippen LogP contribution in [0.2, 0.25) is 0 Å². The highest BCUT2D eigenvalue weighted by molar-refractivity contribution is 7.14. The molecule has 3 atom stereocenters. The van der Waals surface area contributed by atoms with Crippen LogP contribution in [0, 0.1) is 0 Å². The molecule has 258 valence electrons. The van der Waals surface area contributed by atoms with Crippen molar-refractivity contribution >= 4 is 40.2 Å². The van der Waals surface area contributed by atoms with Crippen LogP contribution < -0.4 is 20.7 Å². The number of ketones is 1. The van der Waals surface area contributed by atoms with Crippen molar-refractivity contribution in [1.82, 2.24) is 20.5 Å². The zero-order valence-corrected chi connectivity index (χ0v) is 29.2. The third-order valence-electron chi connectivity index (χ3n) is 8.01. The third kappa shape index (κ3) is 10.9. The van der Waals surface area contributed by atoms with Crippen LogP contribution in [0.4, 0.5) is 9.93 Å². The molecule has 4 rings (SSSR count). The van der Waals surface area contributed by atoms with Crippen LogP contribution in [0.15, 0.2) is 60.0 Å². The van der Waals surface area contributed by atoms with Crippen molar-refractivity contribution in [3.05, 3.63) is 76.8 Å². The Hall–Kier alpha value is -4.29. The van der Waals surface area contributed by atoms with Crippen LogP contribution in [-0.4, -0.2) is 71.5 Å². The minimum Gasteiger partial charge on any atom is -0.492 e. The van der Waals surface area contributed by atoms with Gasteiger partial charge in [0.15, 0.2) is 10.9 Å². The smallest absolute Gasteiger partial charge is 0.408 e. The number of rotatable bonds is 14. The first-order valence-electron chi connectivity index (χ1n) is 16.5. The summed E-state index contributed by atoms with van der Waals surface area (Å²) in [5.74, 6) is -1.08. The molecule has 3 N–H and O–H groups in total. The van der Waals surface area contributed by atoms with Gasteiger partial charge in [0.1, 0.15) is 35.7 Å².